The third-order valence-electron chi connectivity index (χ3n) is 6.48. The van der Waals surface area contributed by atoms with Gasteiger partial charge in [-0.25, -0.2) is 3.96 Å². The third-order valence-corrected chi connectivity index (χ3v) is 7.73. The molecule has 0 spiro atoms. The molecular formula is C29H29N3O2S. The van der Waals surface area contributed by atoms with Crippen LogP contribution in [0.15, 0.2) is 94.1 Å². The minimum absolute atomic E-state index is 0.000777. The number of unbranched alkanes of at least 4 members (excludes halogenated alkanes) is 2. The molecule has 0 aliphatic heterocycles. The van der Waals surface area contributed by atoms with Gasteiger partial charge in [-0.2, -0.15) is 0 Å². The molecule has 0 bridgehead atoms. The molecule has 1 atom stereocenters. The fourth-order valence-electron chi connectivity index (χ4n) is 4.67. The van der Waals surface area contributed by atoms with E-state index in [1.54, 1.807) is 0 Å². The molecule has 0 fully saturated rings. The topological polar surface area (TPSA) is 60.9 Å². The van der Waals surface area contributed by atoms with E-state index in [9.17, 15) is 4.79 Å². The van der Waals surface area contributed by atoms with Gasteiger partial charge in [0.15, 0.2) is 0 Å². The lowest BCUT2D eigenvalue weighted by Gasteiger charge is -2.31. The summed E-state index contributed by atoms with van der Waals surface area (Å²) in [6, 6.07) is 28.2. The Hall–Kier alpha value is -3.51. The molecule has 0 amide bonds. The standard InChI is InChI=1S/C29H29N3O2S/c1-2-3-12-19-29(21-23-15-8-5-9-16-23,32-27(33)24-17-10-11-18-25(24)35-32)28-31-30-26(34-28)20-22-13-6-4-7-14-22/h4-11,13-18H,2-3,12,19-21H2,1H3. The maximum atomic E-state index is 13.8. The van der Waals surface area contributed by atoms with Crippen LogP contribution in [0.25, 0.3) is 10.1 Å². The summed E-state index contributed by atoms with van der Waals surface area (Å²) in [4.78, 5) is 13.8. The number of nitrogens with zero attached hydrogens (tertiary/aromatic N) is 3. The van der Waals surface area contributed by atoms with Crippen LogP contribution in [0, 0.1) is 0 Å². The predicted octanol–water partition coefficient (Wildman–Crippen LogP) is 6.60. The number of hydrogen-bond donors (Lipinski definition) is 0. The average Bonchev–Trinajstić information content (AvgIpc) is 3.50. The Bertz CT molecular complexity index is 1440. The van der Waals surface area contributed by atoms with E-state index in [1.165, 1.54) is 11.5 Å². The molecule has 2 aromatic heterocycles. The van der Waals surface area contributed by atoms with Crippen molar-refractivity contribution >= 4 is 21.6 Å². The van der Waals surface area contributed by atoms with Crippen LogP contribution in [0.4, 0.5) is 0 Å². The van der Waals surface area contributed by atoms with Crippen LogP contribution in [-0.2, 0) is 18.4 Å². The lowest BCUT2D eigenvalue weighted by molar-refractivity contribution is 0.250. The molecule has 0 radical (unpaired) electrons. The summed E-state index contributed by atoms with van der Waals surface area (Å²) < 4.78 is 9.26. The van der Waals surface area contributed by atoms with Crippen LogP contribution in [0.3, 0.4) is 0 Å². The fraction of sp³-hybridized carbons (Fsp3) is 0.276. The van der Waals surface area contributed by atoms with Crippen molar-refractivity contribution in [2.45, 2.75) is 51.0 Å². The molecule has 0 saturated carbocycles. The van der Waals surface area contributed by atoms with Crippen LogP contribution in [-0.4, -0.2) is 14.2 Å². The summed E-state index contributed by atoms with van der Waals surface area (Å²) in [6.45, 7) is 2.19. The molecule has 5 rings (SSSR count). The van der Waals surface area contributed by atoms with E-state index in [-0.39, 0.29) is 5.56 Å². The number of rotatable bonds is 10. The van der Waals surface area contributed by atoms with Crippen molar-refractivity contribution in [3.8, 4) is 0 Å². The summed E-state index contributed by atoms with van der Waals surface area (Å²) in [6.07, 6.45) is 5.03. The van der Waals surface area contributed by atoms with Gasteiger partial charge in [0, 0.05) is 6.42 Å². The van der Waals surface area contributed by atoms with Gasteiger partial charge in [-0.3, -0.25) is 4.79 Å². The van der Waals surface area contributed by atoms with Gasteiger partial charge in [0.05, 0.1) is 16.5 Å². The summed E-state index contributed by atoms with van der Waals surface area (Å²) >= 11 is 1.49. The monoisotopic (exact) mass is 483 g/mol. The number of benzene rings is 3. The third kappa shape index (κ3) is 4.84. The minimum Gasteiger partial charge on any atom is -0.422 e. The maximum absolute atomic E-state index is 13.8. The fourth-order valence-corrected chi connectivity index (χ4v) is 5.85. The molecule has 0 N–H and O–H groups in total. The van der Waals surface area contributed by atoms with Crippen LogP contribution >= 0.6 is 11.5 Å². The average molecular weight is 484 g/mol. The molecule has 1 unspecified atom stereocenters. The second kappa shape index (κ2) is 10.4. The largest absolute Gasteiger partial charge is 0.422 e. The van der Waals surface area contributed by atoms with Crippen LogP contribution in [0.5, 0.6) is 0 Å². The van der Waals surface area contributed by atoms with Crippen LogP contribution < -0.4 is 5.56 Å². The van der Waals surface area contributed by atoms with Crippen LogP contribution in [0.2, 0.25) is 0 Å². The highest BCUT2D eigenvalue weighted by Gasteiger charge is 2.42. The maximum Gasteiger partial charge on any atom is 0.269 e. The van der Waals surface area contributed by atoms with Gasteiger partial charge in [-0.1, -0.05) is 111 Å². The minimum atomic E-state index is -0.751. The predicted molar refractivity (Wildman–Crippen MR) is 141 cm³/mol. The van der Waals surface area contributed by atoms with E-state index in [0.717, 1.165) is 46.9 Å². The highest BCUT2D eigenvalue weighted by molar-refractivity contribution is 7.14. The first-order valence-corrected chi connectivity index (χ1v) is 13.0. The molecule has 0 aliphatic carbocycles. The zero-order valence-corrected chi connectivity index (χ0v) is 20.7. The summed E-state index contributed by atoms with van der Waals surface area (Å²) in [5.41, 5.74) is 1.50. The molecule has 178 valence electrons. The van der Waals surface area contributed by atoms with E-state index < -0.39 is 5.54 Å². The summed E-state index contributed by atoms with van der Waals surface area (Å²) in [5.74, 6) is 1.07. The summed E-state index contributed by atoms with van der Waals surface area (Å²) in [5, 5.41) is 9.74. The molecule has 6 heteroatoms. The Balaban J connectivity index is 1.66. The van der Waals surface area contributed by atoms with E-state index in [0.29, 0.717) is 24.6 Å². The van der Waals surface area contributed by atoms with Gasteiger partial charge in [0.25, 0.3) is 5.56 Å². The van der Waals surface area contributed by atoms with Crippen LogP contribution in [0.1, 0.15) is 55.5 Å². The van der Waals surface area contributed by atoms with Crippen molar-refractivity contribution in [1.29, 1.82) is 0 Å². The van der Waals surface area contributed by atoms with Crippen molar-refractivity contribution in [3.63, 3.8) is 0 Å². The molecule has 0 aliphatic rings. The summed E-state index contributed by atoms with van der Waals surface area (Å²) in [7, 11) is 0. The van der Waals surface area contributed by atoms with Crippen molar-refractivity contribution in [2.24, 2.45) is 0 Å². The van der Waals surface area contributed by atoms with Gasteiger partial charge in [-0.15, -0.1) is 10.2 Å². The number of fused-ring (bicyclic) bond motifs is 1. The highest BCUT2D eigenvalue weighted by atomic mass is 32.1. The number of aromatic nitrogens is 3. The van der Waals surface area contributed by atoms with E-state index in [1.807, 2.05) is 64.6 Å². The van der Waals surface area contributed by atoms with Gasteiger partial charge >= 0.3 is 0 Å². The quantitative estimate of drug-likeness (QED) is 0.210. The Kier molecular flexibility index (Phi) is 6.91. The Morgan fingerprint density at radius 2 is 1.54 bits per heavy atom. The van der Waals surface area contributed by atoms with Gasteiger partial charge in [0.2, 0.25) is 11.8 Å². The first-order chi connectivity index (χ1) is 17.2. The lowest BCUT2D eigenvalue weighted by atomic mass is 9.85. The molecule has 3 aromatic carbocycles. The second-order valence-electron chi connectivity index (χ2n) is 9.00. The van der Waals surface area contributed by atoms with Crippen molar-refractivity contribution in [2.75, 3.05) is 0 Å². The molecule has 2 heterocycles. The second-order valence-corrected chi connectivity index (χ2v) is 9.99. The van der Waals surface area contributed by atoms with Gasteiger partial charge in [0.1, 0.15) is 5.54 Å². The van der Waals surface area contributed by atoms with E-state index in [2.05, 4.69) is 41.4 Å². The zero-order chi connectivity index (χ0) is 24.1. The van der Waals surface area contributed by atoms with E-state index >= 15 is 0 Å². The van der Waals surface area contributed by atoms with Gasteiger partial charge < -0.3 is 4.42 Å². The van der Waals surface area contributed by atoms with E-state index in [4.69, 9.17) is 4.42 Å². The van der Waals surface area contributed by atoms with Crippen molar-refractivity contribution in [3.05, 3.63) is 118 Å². The lowest BCUT2D eigenvalue weighted by Crippen LogP contribution is -2.42. The molecule has 35 heavy (non-hydrogen) atoms. The Labute approximate surface area is 209 Å². The first kappa shape index (κ1) is 23.2. The Morgan fingerprint density at radius 1 is 0.857 bits per heavy atom. The highest BCUT2D eigenvalue weighted by Crippen LogP contribution is 2.37. The SMILES string of the molecule is CCCCCC(Cc1ccccc1)(c1nnc(Cc2ccccc2)o1)n1sc2ccccc2c1=O. The number of hydrogen-bond acceptors (Lipinski definition) is 5. The molecule has 5 nitrogen and oxygen atoms in total. The molecular weight excluding hydrogens is 454 g/mol. The normalized spacial score (nSPS) is 13.2. The first-order valence-electron chi connectivity index (χ1n) is 12.2. The van der Waals surface area contributed by atoms with Crippen molar-refractivity contribution in [1.82, 2.24) is 14.2 Å². The smallest absolute Gasteiger partial charge is 0.269 e. The zero-order valence-electron chi connectivity index (χ0n) is 19.9. The molecule has 5 aromatic rings. The van der Waals surface area contributed by atoms with Gasteiger partial charge in [-0.05, 0) is 29.7 Å². The Morgan fingerprint density at radius 3 is 2.26 bits per heavy atom. The van der Waals surface area contributed by atoms with Crippen molar-refractivity contribution < 1.29 is 4.42 Å². The molecule has 0 saturated heterocycles.